The normalized spacial score (nSPS) is 17.9. The summed E-state index contributed by atoms with van der Waals surface area (Å²) in [5, 5.41) is 18.7. The van der Waals surface area contributed by atoms with Gasteiger partial charge in [0.2, 0.25) is 23.6 Å². The molecule has 0 saturated carbocycles. The predicted molar refractivity (Wildman–Crippen MR) is 236 cm³/mol. The maximum absolute atomic E-state index is 14.5. The second-order valence-electron chi connectivity index (χ2n) is 16.9. The minimum absolute atomic E-state index is 0.0658. The molecule has 4 amide bonds. The van der Waals surface area contributed by atoms with E-state index in [1.165, 1.54) is 14.2 Å². The van der Waals surface area contributed by atoms with Crippen LogP contribution in [-0.4, -0.2) is 139 Å². The third kappa shape index (κ3) is 13.6. The number of nitrogens with zero attached hydrogens (tertiary/aromatic N) is 4. The highest BCUT2D eigenvalue weighted by Crippen LogP contribution is 2.29. The number of carbonyl (C=O) groups is 5. The number of likely N-dealkylation sites (N-methyl/N-ethyl adjacent to an activating group) is 2. The number of likely N-dealkylation sites (tertiary alicyclic amines) is 1. The largest absolute Gasteiger partial charge is 0.480 e. The Morgan fingerprint density at radius 2 is 1.61 bits per heavy atom. The number of carboxylic acid groups (broad SMARTS) is 1. The minimum Gasteiger partial charge on any atom is -0.480 e. The Bertz CT molecular complexity index is 1790. The lowest BCUT2D eigenvalue weighted by Gasteiger charge is -2.39. The first-order valence-corrected chi connectivity index (χ1v) is 21.3. The molecule has 0 unspecified atom stereocenters. The van der Waals surface area contributed by atoms with Crippen molar-refractivity contribution in [2.45, 2.75) is 123 Å². The highest BCUT2D eigenvalue weighted by atomic mass is 16.5. The summed E-state index contributed by atoms with van der Waals surface area (Å²) >= 11 is 0. The summed E-state index contributed by atoms with van der Waals surface area (Å²) in [5.41, 5.74) is 2.57. The van der Waals surface area contributed by atoms with Crippen LogP contribution in [0.2, 0.25) is 0 Å². The van der Waals surface area contributed by atoms with Crippen molar-refractivity contribution in [3.05, 3.63) is 71.4 Å². The lowest BCUT2D eigenvalue weighted by Crippen LogP contribution is -2.59. The molecule has 1 fully saturated rings. The van der Waals surface area contributed by atoms with Gasteiger partial charge in [-0.1, -0.05) is 76.6 Å². The molecule has 0 bridgehead atoms. The number of carbonyl (C=O) groups excluding carboxylic acids is 4. The van der Waals surface area contributed by atoms with Crippen LogP contribution in [0.15, 0.2) is 60.3 Å². The smallest absolute Gasteiger partial charge is 0.326 e. The van der Waals surface area contributed by atoms with Gasteiger partial charge in [0.15, 0.2) is 0 Å². The topological polar surface area (TPSA) is 183 Å². The van der Waals surface area contributed by atoms with E-state index in [2.05, 4.69) is 20.9 Å². The Morgan fingerprint density at radius 3 is 2.16 bits per heavy atom. The highest BCUT2D eigenvalue weighted by molar-refractivity contribution is 5.90. The van der Waals surface area contributed by atoms with Crippen molar-refractivity contribution in [2.24, 2.45) is 17.8 Å². The van der Waals surface area contributed by atoms with Crippen molar-refractivity contribution in [1.29, 1.82) is 0 Å². The molecule has 15 heteroatoms. The van der Waals surface area contributed by atoms with E-state index < -0.39 is 60.2 Å². The first-order chi connectivity index (χ1) is 28.9. The third-order valence-corrected chi connectivity index (χ3v) is 11.9. The van der Waals surface area contributed by atoms with Crippen molar-refractivity contribution in [1.82, 2.24) is 30.3 Å². The van der Waals surface area contributed by atoms with Gasteiger partial charge in [0.25, 0.3) is 0 Å². The fourth-order valence-electron chi connectivity index (χ4n) is 8.49. The fourth-order valence-corrected chi connectivity index (χ4v) is 8.49. The van der Waals surface area contributed by atoms with Crippen molar-refractivity contribution >= 4 is 35.4 Å². The standard InChI is InChI=1S/C46H71N7O8/c1-13-30(6)41(52(10)45(57)39(28(2)3)50-44(56)40(29(4)5)51(9)27-33-21-22-48-37(25-33)47-8)36(60-11)26-38(54)53-23-17-20-35(53)42(61-12)31(7)43(55)49-34(46(58)59)24-32-18-15-14-16-19-32/h13-16,18-19,21-22,25,28-29,31,34-36,39-42H,17,20,23-24,26-27H2,1-12H3,(H,47,48)(H,49,55)(H,50,56)(H,58,59)/b30-13+/t31-,34+,35+,36-,39+,40+,41+,42-/m1/s1. The van der Waals surface area contributed by atoms with Gasteiger partial charge >= 0.3 is 5.97 Å². The quantitative estimate of drug-likeness (QED) is 0.117. The molecule has 0 spiro atoms. The van der Waals surface area contributed by atoms with E-state index in [1.54, 1.807) is 37.0 Å². The van der Waals surface area contributed by atoms with E-state index >= 15 is 0 Å². The lowest BCUT2D eigenvalue weighted by atomic mass is 9.93. The number of rotatable bonds is 23. The molecule has 8 atom stereocenters. The van der Waals surface area contributed by atoms with Crippen LogP contribution >= 0.6 is 0 Å². The van der Waals surface area contributed by atoms with Crippen LogP contribution in [0.1, 0.15) is 78.9 Å². The zero-order valence-electron chi connectivity index (χ0n) is 38.3. The van der Waals surface area contributed by atoms with Crippen molar-refractivity contribution in [2.75, 3.05) is 47.2 Å². The number of aromatic nitrogens is 1. The zero-order valence-corrected chi connectivity index (χ0v) is 38.3. The Kier molecular flexibility index (Phi) is 19.8. The number of hydrogen-bond acceptors (Lipinski definition) is 10. The van der Waals surface area contributed by atoms with Gasteiger partial charge in [0, 0.05) is 54.0 Å². The molecular weight excluding hydrogens is 779 g/mol. The molecule has 1 aliphatic heterocycles. The second-order valence-corrected chi connectivity index (χ2v) is 16.9. The number of pyridine rings is 1. The number of methoxy groups -OCH3 is 2. The molecule has 2 heterocycles. The zero-order chi connectivity index (χ0) is 45.6. The molecule has 2 aromatic rings. The van der Waals surface area contributed by atoms with Crippen LogP contribution in [-0.2, 0) is 46.4 Å². The number of aliphatic carboxylic acids is 1. The van der Waals surface area contributed by atoms with Crippen LogP contribution in [0.25, 0.3) is 0 Å². The van der Waals surface area contributed by atoms with Crippen molar-refractivity contribution in [3.8, 4) is 0 Å². The maximum Gasteiger partial charge on any atom is 0.326 e. The van der Waals surface area contributed by atoms with Crippen LogP contribution < -0.4 is 16.0 Å². The number of ether oxygens (including phenoxy) is 2. The van der Waals surface area contributed by atoms with Gasteiger partial charge in [0.05, 0.1) is 42.7 Å². The van der Waals surface area contributed by atoms with Gasteiger partial charge in [-0.3, -0.25) is 24.1 Å². The Balaban J connectivity index is 1.79. The maximum atomic E-state index is 14.5. The molecule has 0 aliphatic carbocycles. The highest BCUT2D eigenvalue weighted by Gasteiger charge is 2.43. The van der Waals surface area contributed by atoms with E-state index in [1.807, 2.05) is 102 Å². The summed E-state index contributed by atoms with van der Waals surface area (Å²) < 4.78 is 11.9. The van der Waals surface area contributed by atoms with E-state index in [0.717, 1.165) is 22.5 Å². The molecule has 15 nitrogen and oxygen atoms in total. The Labute approximate surface area is 363 Å². The van der Waals surface area contributed by atoms with E-state index in [-0.39, 0.29) is 42.4 Å². The molecular formula is C46H71N7O8. The van der Waals surface area contributed by atoms with E-state index in [9.17, 15) is 29.1 Å². The van der Waals surface area contributed by atoms with Crippen LogP contribution in [0.4, 0.5) is 5.82 Å². The third-order valence-electron chi connectivity index (χ3n) is 11.9. The first kappa shape index (κ1) is 50.5. The number of allylic oxidation sites excluding steroid dienone is 1. The molecule has 1 aliphatic rings. The van der Waals surface area contributed by atoms with E-state index in [0.29, 0.717) is 25.9 Å². The Hall–Kier alpha value is -4.86. The van der Waals surface area contributed by atoms with E-state index in [4.69, 9.17) is 9.47 Å². The van der Waals surface area contributed by atoms with Gasteiger partial charge in [-0.15, -0.1) is 0 Å². The molecule has 61 heavy (non-hydrogen) atoms. The first-order valence-electron chi connectivity index (χ1n) is 21.3. The summed E-state index contributed by atoms with van der Waals surface area (Å²) in [4.78, 5) is 78.2. The van der Waals surface area contributed by atoms with Gasteiger partial charge in [-0.05, 0) is 68.8 Å². The summed E-state index contributed by atoms with van der Waals surface area (Å²) in [6.45, 7) is 14.1. The van der Waals surface area contributed by atoms with Gasteiger partial charge in [-0.2, -0.15) is 0 Å². The number of nitrogens with one attached hydrogen (secondary N) is 3. The number of benzene rings is 1. The molecule has 338 valence electrons. The van der Waals surface area contributed by atoms with Crippen molar-refractivity contribution < 1.29 is 38.6 Å². The van der Waals surface area contributed by atoms with Gasteiger partial charge in [-0.25, -0.2) is 9.78 Å². The average molecular weight is 850 g/mol. The van der Waals surface area contributed by atoms with Gasteiger partial charge in [0.1, 0.15) is 17.9 Å². The fraction of sp³-hybridized carbons (Fsp3) is 0.609. The minimum atomic E-state index is -1.15. The van der Waals surface area contributed by atoms with Gasteiger partial charge < -0.3 is 40.3 Å². The molecule has 1 saturated heterocycles. The molecule has 0 radical (unpaired) electrons. The number of carboxylic acids is 1. The molecule has 1 aromatic heterocycles. The lowest BCUT2D eigenvalue weighted by molar-refractivity contribution is -0.146. The Morgan fingerprint density at radius 1 is 0.934 bits per heavy atom. The van der Waals surface area contributed by atoms with Crippen LogP contribution in [0, 0.1) is 17.8 Å². The van der Waals surface area contributed by atoms with Crippen LogP contribution in [0.3, 0.4) is 0 Å². The number of hydrogen-bond donors (Lipinski definition) is 4. The second kappa shape index (κ2) is 24.0. The predicted octanol–water partition coefficient (Wildman–Crippen LogP) is 4.37. The van der Waals surface area contributed by atoms with Crippen LogP contribution in [0.5, 0.6) is 0 Å². The van der Waals surface area contributed by atoms with Crippen molar-refractivity contribution in [3.63, 3.8) is 0 Å². The molecule has 1 aromatic carbocycles. The summed E-state index contributed by atoms with van der Waals surface area (Å²) in [7, 11) is 8.38. The number of amides is 4. The molecule has 4 N–H and O–H groups in total. The summed E-state index contributed by atoms with van der Waals surface area (Å²) in [6, 6.07) is 9.29. The summed E-state index contributed by atoms with van der Waals surface area (Å²) in [6.07, 6.45) is 3.47. The monoisotopic (exact) mass is 850 g/mol. The summed E-state index contributed by atoms with van der Waals surface area (Å²) in [5.74, 6) is -2.80. The average Bonchev–Trinajstić information content (AvgIpc) is 3.71. The SMILES string of the molecule is C/C=C(\C)[C@@H]([C@@H](CC(=O)N1CCC[C@H]1[C@H](OC)[C@@H](C)C(=O)N[C@@H](Cc1ccccc1)C(=O)O)OC)N(C)C(=O)[C@@H](NC(=O)[C@H](C(C)C)N(C)Cc1ccnc(NC)c1)C(C)C. The number of anilines is 1. The molecule has 3 rings (SSSR count).